The first-order valence-corrected chi connectivity index (χ1v) is 7.87. The molecule has 23 heavy (non-hydrogen) atoms. The molecule has 0 aromatic heterocycles. The zero-order valence-electron chi connectivity index (χ0n) is 13.7. The predicted octanol–water partition coefficient (Wildman–Crippen LogP) is 3.86. The van der Waals surface area contributed by atoms with Crippen LogP contribution in [0.3, 0.4) is 0 Å². The molecule has 122 valence electrons. The van der Waals surface area contributed by atoms with Crippen LogP contribution in [-0.4, -0.2) is 23.6 Å². The average Bonchev–Trinajstić information content (AvgIpc) is 2.56. The molecule has 1 N–H and O–H groups in total. The van der Waals surface area contributed by atoms with Crippen molar-refractivity contribution in [2.45, 2.75) is 33.0 Å². The highest BCUT2D eigenvalue weighted by Crippen LogP contribution is 2.25. The quantitative estimate of drug-likeness (QED) is 0.753. The number of hydrogen-bond acceptors (Lipinski definition) is 3. The largest absolute Gasteiger partial charge is 0.392 e. The van der Waals surface area contributed by atoms with Gasteiger partial charge in [0.15, 0.2) is 5.78 Å². The number of ketones is 1. The summed E-state index contributed by atoms with van der Waals surface area (Å²) in [6.07, 6.45) is -0.642. The summed E-state index contributed by atoms with van der Waals surface area (Å²) in [6, 6.07) is 19.0. The van der Waals surface area contributed by atoms with Crippen LogP contribution in [0.4, 0.5) is 0 Å². The molecule has 2 aromatic rings. The molecule has 0 saturated carbocycles. The summed E-state index contributed by atoms with van der Waals surface area (Å²) in [5, 5.41) is 10.4. The number of aliphatic hydroxyl groups is 1. The normalized spacial score (nSPS) is 12.8. The minimum absolute atomic E-state index is 0.0470. The summed E-state index contributed by atoms with van der Waals surface area (Å²) in [7, 11) is 0. The maximum Gasteiger partial charge on any atom is 0.165 e. The van der Waals surface area contributed by atoms with Crippen molar-refractivity contribution in [3.05, 3.63) is 71.8 Å². The van der Waals surface area contributed by atoms with Crippen molar-refractivity contribution >= 4 is 5.78 Å². The van der Waals surface area contributed by atoms with Crippen LogP contribution >= 0.6 is 0 Å². The molecule has 0 unspecified atom stereocenters. The van der Waals surface area contributed by atoms with Gasteiger partial charge in [-0.1, -0.05) is 74.5 Å². The number of rotatable bonds is 8. The van der Waals surface area contributed by atoms with Gasteiger partial charge in [0.25, 0.3) is 0 Å². The van der Waals surface area contributed by atoms with E-state index in [2.05, 4.69) is 0 Å². The van der Waals surface area contributed by atoms with E-state index in [1.807, 2.05) is 62.4 Å². The van der Waals surface area contributed by atoms with E-state index in [1.54, 1.807) is 12.1 Å². The van der Waals surface area contributed by atoms with E-state index >= 15 is 0 Å². The van der Waals surface area contributed by atoms with Crippen molar-refractivity contribution in [3.8, 4) is 0 Å². The molecule has 0 amide bonds. The van der Waals surface area contributed by atoms with Crippen LogP contribution in [0, 0.1) is 5.41 Å². The van der Waals surface area contributed by atoms with Gasteiger partial charge in [-0.25, -0.2) is 0 Å². The van der Waals surface area contributed by atoms with E-state index in [0.29, 0.717) is 18.8 Å². The lowest BCUT2D eigenvalue weighted by atomic mass is 9.84. The lowest BCUT2D eigenvalue weighted by Crippen LogP contribution is -2.35. The Hall–Kier alpha value is -1.97. The molecule has 3 heteroatoms. The van der Waals surface area contributed by atoms with Crippen molar-refractivity contribution in [1.29, 1.82) is 0 Å². The van der Waals surface area contributed by atoms with Crippen LogP contribution < -0.4 is 0 Å². The molecule has 0 aliphatic rings. The molecule has 0 heterocycles. The second-order valence-electron chi connectivity index (χ2n) is 6.48. The van der Waals surface area contributed by atoms with Crippen molar-refractivity contribution in [3.63, 3.8) is 0 Å². The Labute approximate surface area is 137 Å². The zero-order valence-corrected chi connectivity index (χ0v) is 13.7. The van der Waals surface area contributed by atoms with Gasteiger partial charge in [0, 0.05) is 17.4 Å². The van der Waals surface area contributed by atoms with Crippen LogP contribution in [0.2, 0.25) is 0 Å². The molecule has 2 aromatic carbocycles. The number of ether oxygens (including phenoxy) is 1. The van der Waals surface area contributed by atoms with Crippen molar-refractivity contribution in [2.75, 3.05) is 6.61 Å². The van der Waals surface area contributed by atoms with Crippen LogP contribution in [0.1, 0.15) is 36.2 Å². The number of aliphatic hydroxyl groups excluding tert-OH is 1. The van der Waals surface area contributed by atoms with E-state index in [9.17, 15) is 9.90 Å². The average molecular weight is 312 g/mol. The molecular weight excluding hydrogens is 288 g/mol. The van der Waals surface area contributed by atoms with Crippen LogP contribution in [0.15, 0.2) is 60.7 Å². The highest BCUT2D eigenvalue weighted by Gasteiger charge is 2.30. The molecule has 0 saturated heterocycles. The fraction of sp³-hybridized carbons (Fsp3) is 0.350. The topological polar surface area (TPSA) is 46.5 Å². The molecule has 0 aliphatic carbocycles. The first-order chi connectivity index (χ1) is 11.0. The molecule has 0 fully saturated rings. The Balaban J connectivity index is 1.84. The monoisotopic (exact) mass is 312 g/mol. The second-order valence-corrected chi connectivity index (χ2v) is 6.48. The molecule has 1 atom stereocenters. The Morgan fingerprint density at radius 1 is 1.04 bits per heavy atom. The second kappa shape index (κ2) is 8.04. The lowest BCUT2D eigenvalue weighted by molar-refractivity contribution is -0.0293. The lowest BCUT2D eigenvalue weighted by Gasteiger charge is -2.30. The minimum Gasteiger partial charge on any atom is -0.392 e. The van der Waals surface area contributed by atoms with Gasteiger partial charge >= 0.3 is 0 Å². The summed E-state index contributed by atoms with van der Waals surface area (Å²) in [6.45, 7) is 4.73. The van der Waals surface area contributed by atoms with Crippen LogP contribution in [-0.2, 0) is 11.3 Å². The fourth-order valence-electron chi connectivity index (χ4n) is 2.30. The Morgan fingerprint density at radius 3 is 2.22 bits per heavy atom. The highest BCUT2D eigenvalue weighted by atomic mass is 16.5. The first-order valence-electron chi connectivity index (χ1n) is 7.87. The smallest absolute Gasteiger partial charge is 0.165 e. The number of carbonyl (C=O) groups excluding carboxylic acids is 1. The van der Waals surface area contributed by atoms with Gasteiger partial charge in [-0.3, -0.25) is 4.79 Å². The number of carbonyl (C=O) groups is 1. The molecule has 0 bridgehead atoms. The summed E-state index contributed by atoms with van der Waals surface area (Å²) >= 11 is 0. The van der Waals surface area contributed by atoms with Crippen molar-refractivity contribution in [2.24, 2.45) is 5.41 Å². The maximum absolute atomic E-state index is 12.2. The fourth-order valence-corrected chi connectivity index (χ4v) is 2.30. The van der Waals surface area contributed by atoms with E-state index in [4.69, 9.17) is 4.74 Å². The van der Waals surface area contributed by atoms with Gasteiger partial charge in [0.1, 0.15) is 0 Å². The molecule has 0 spiro atoms. The molecule has 0 aliphatic heterocycles. The SMILES string of the molecule is CC(C)(COCc1ccccc1)[C@H](O)CC(=O)c1ccccc1. The number of Topliss-reactive ketones (excluding diaryl/α,β-unsaturated/α-hetero) is 1. The summed E-state index contributed by atoms with van der Waals surface area (Å²) in [5.74, 6) is -0.0470. The molecule has 0 radical (unpaired) electrons. The van der Waals surface area contributed by atoms with Gasteiger partial charge in [-0.15, -0.1) is 0 Å². The third-order valence-electron chi connectivity index (χ3n) is 3.96. The van der Waals surface area contributed by atoms with Gasteiger partial charge in [0.2, 0.25) is 0 Å². The van der Waals surface area contributed by atoms with E-state index < -0.39 is 11.5 Å². The third kappa shape index (κ3) is 5.31. The highest BCUT2D eigenvalue weighted by molar-refractivity contribution is 5.96. The molecular formula is C20H24O3. The summed E-state index contributed by atoms with van der Waals surface area (Å²) in [4.78, 5) is 12.2. The standard InChI is InChI=1S/C20H24O3/c1-20(2,15-23-14-16-9-5-3-6-10-16)19(22)13-18(21)17-11-7-4-8-12-17/h3-12,19,22H,13-15H2,1-2H3/t19-/m1/s1. The summed E-state index contributed by atoms with van der Waals surface area (Å²) < 4.78 is 5.72. The van der Waals surface area contributed by atoms with Gasteiger partial charge < -0.3 is 9.84 Å². The predicted molar refractivity (Wildman–Crippen MR) is 91.3 cm³/mol. The Bertz CT molecular complexity index is 605. The first kappa shape index (κ1) is 17.4. The number of benzene rings is 2. The van der Waals surface area contributed by atoms with Crippen LogP contribution in [0.25, 0.3) is 0 Å². The Kier molecular flexibility index (Phi) is 6.08. The minimum atomic E-state index is -0.744. The van der Waals surface area contributed by atoms with Gasteiger partial charge in [-0.2, -0.15) is 0 Å². The summed E-state index contributed by atoms with van der Waals surface area (Å²) in [5.41, 5.74) is 1.24. The van der Waals surface area contributed by atoms with E-state index in [0.717, 1.165) is 5.56 Å². The van der Waals surface area contributed by atoms with Gasteiger partial charge in [-0.05, 0) is 5.56 Å². The number of hydrogen-bond donors (Lipinski definition) is 1. The van der Waals surface area contributed by atoms with E-state index in [-0.39, 0.29) is 12.2 Å². The van der Waals surface area contributed by atoms with E-state index in [1.165, 1.54) is 0 Å². The van der Waals surface area contributed by atoms with Gasteiger partial charge in [0.05, 0.1) is 19.3 Å². The Morgan fingerprint density at radius 2 is 1.61 bits per heavy atom. The van der Waals surface area contributed by atoms with Crippen molar-refractivity contribution < 1.29 is 14.6 Å². The molecule has 3 nitrogen and oxygen atoms in total. The zero-order chi connectivity index (χ0) is 16.7. The maximum atomic E-state index is 12.2. The van der Waals surface area contributed by atoms with Crippen molar-refractivity contribution in [1.82, 2.24) is 0 Å². The third-order valence-corrected chi connectivity index (χ3v) is 3.96. The van der Waals surface area contributed by atoms with Crippen LogP contribution in [0.5, 0.6) is 0 Å². The molecule has 2 rings (SSSR count).